The van der Waals surface area contributed by atoms with Crippen LogP contribution in [0.1, 0.15) is 55.4 Å². The third-order valence-electron chi connectivity index (χ3n) is 3.36. The normalized spacial score (nSPS) is 15.9. The molecule has 0 aromatic carbocycles. The molecule has 0 amide bonds. The van der Waals surface area contributed by atoms with Gasteiger partial charge in [0.25, 0.3) is 0 Å². The Morgan fingerprint density at radius 2 is 1.25 bits per heavy atom. The van der Waals surface area contributed by atoms with Gasteiger partial charge in [0, 0.05) is 5.54 Å². The molecule has 1 atom stereocenters. The lowest BCUT2D eigenvalue weighted by molar-refractivity contribution is -0.0539. The maximum Gasteiger partial charge on any atom is 0.0673 e. The van der Waals surface area contributed by atoms with Gasteiger partial charge in [-0.1, -0.05) is 34.6 Å². The molecule has 0 fully saturated rings. The molecule has 0 radical (unpaired) electrons. The third-order valence-corrected chi connectivity index (χ3v) is 3.36. The summed E-state index contributed by atoms with van der Waals surface area (Å²) >= 11 is 0. The number of hydrogen-bond acceptors (Lipinski definition) is 2. The molecule has 2 heteroatoms. The highest BCUT2D eigenvalue weighted by molar-refractivity contribution is 4.87. The topological polar surface area (TPSA) is 6.48 Å². The first-order chi connectivity index (χ1) is 7.05. The third kappa shape index (κ3) is 4.06. The summed E-state index contributed by atoms with van der Waals surface area (Å²) in [6.45, 7) is 20.6. The molecule has 16 heavy (non-hydrogen) atoms. The van der Waals surface area contributed by atoms with Crippen LogP contribution in [-0.4, -0.2) is 41.6 Å². The molecule has 1 unspecified atom stereocenters. The molecule has 98 valence electrons. The fourth-order valence-corrected chi connectivity index (χ4v) is 2.31. The Morgan fingerprint density at radius 1 is 0.875 bits per heavy atom. The van der Waals surface area contributed by atoms with E-state index in [-0.39, 0.29) is 11.0 Å². The molecule has 0 aromatic rings. The van der Waals surface area contributed by atoms with Gasteiger partial charge in [-0.3, -0.25) is 9.80 Å². The minimum Gasteiger partial charge on any atom is -0.288 e. The average Bonchev–Trinajstić information content (AvgIpc) is 2.09. The van der Waals surface area contributed by atoms with Crippen LogP contribution in [0.25, 0.3) is 0 Å². The van der Waals surface area contributed by atoms with Crippen LogP contribution < -0.4 is 0 Å². The molecule has 0 bridgehead atoms. The van der Waals surface area contributed by atoms with Crippen molar-refractivity contribution in [3.63, 3.8) is 0 Å². The Labute approximate surface area is 103 Å². The molecule has 0 spiro atoms. The molecule has 0 aliphatic heterocycles. The number of hydrogen-bond donors (Lipinski definition) is 0. The van der Waals surface area contributed by atoms with E-state index < -0.39 is 0 Å². The SMILES string of the molecule is CCN(CC)C(N(C)C(C)(C)C)C(C)(C)C. The highest BCUT2D eigenvalue weighted by atomic mass is 15.4. The Morgan fingerprint density at radius 3 is 1.44 bits per heavy atom. The van der Waals surface area contributed by atoms with Crippen LogP contribution in [0.15, 0.2) is 0 Å². The van der Waals surface area contributed by atoms with Crippen molar-refractivity contribution in [2.24, 2.45) is 5.41 Å². The predicted molar refractivity (Wildman–Crippen MR) is 73.7 cm³/mol. The van der Waals surface area contributed by atoms with Gasteiger partial charge in [0.15, 0.2) is 0 Å². The fraction of sp³-hybridized carbons (Fsp3) is 1.00. The van der Waals surface area contributed by atoms with Crippen LogP contribution in [-0.2, 0) is 0 Å². The Balaban J connectivity index is 5.10. The Kier molecular flexibility index (Phi) is 5.48. The zero-order chi connectivity index (χ0) is 13.1. The molecule has 0 aliphatic carbocycles. The summed E-state index contributed by atoms with van der Waals surface area (Å²) in [6, 6.07) is 0. The molecule has 0 saturated heterocycles. The van der Waals surface area contributed by atoms with Gasteiger partial charge >= 0.3 is 0 Å². The first-order valence-corrected chi connectivity index (χ1v) is 6.52. The van der Waals surface area contributed by atoms with Crippen molar-refractivity contribution in [3.8, 4) is 0 Å². The smallest absolute Gasteiger partial charge is 0.0673 e. The molecule has 0 rings (SSSR count). The Bertz CT molecular complexity index is 194. The van der Waals surface area contributed by atoms with E-state index in [4.69, 9.17) is 0 Å². The van der Waals surface area contributed by atoms with Crippen molar-refractivity contribution in [3.05, 3.63) is 0 Å². The first kappa shape index (κ1) is 15.9. The van der Waals surface area contributed by atoms with Gasteiger partial charge in [-0.25, -0.2) is 0 Å². The largest absolute Gasteiger partial charge is 0.288 e. The van der Waals surface area contributed by atoms with Gasteiger partial charge in [0.1, 0.15) is 0 Å². The van der Waals surface area contributed by atoms with Crippen LogP contribution in [0.4, 0.5) is 0 Å². The molecular formula is C14H32N2. The Hall–Kier alpha value is -0.0800. The summed E-state index contributed by atoms with van der Waals surface area (Å²) in [7, 11) is 2.24. The number of nitrogens with zero attached hydrogens (tertiary/aromatic N) is 2. The van der Waals surface area contributed by atoms with Crippen LogP contribution in [0.2, 0.25) is 0 Å². The maximum absolute atomic E-state index is 2.55. The summed E-state index contributed by atoms with van der Waals surface area (Å²) in [5, 5.41) is 0. The summed E-state index contributed by atoms with van der Waals surface area (Å²) in [4.78, 5) is 5.05. The van der Waals surface area contributed by atoms with Gasteiger partial charge in [-0.2, -0.15) is 0 Å². The van der Waals surface area contributed by atoms with E-state index in [9.17, 15) is 0 Å². The van der Waals surface area contributed by atoms with E-state index in [0.717, 1.165) is 13.1 Å². The quantitative estimate of drug-likeness (QED) is 0.680. The van der Waals surface area contributed by atoms with Gasteiger partial charge in [-0.05, 0) is 46.3 Å². The van der Waals surface area contributed by atoms with Crippen LogP contribution in [0.5, 0.6) is 0 Å². The number of rotatable bonds is 4. The van der Waals surface area contributed by atoms with E-state index in [0.29, 0.717) is 6.17 Å². The summed E-state index contributed by atoms with van der Waals surface area (Å²) in [6.07, 6.45) is 0.488. The lowest BCUT2D eigenvalue weighted by Crippen LogP contribution is -2.59. The minimum atomic E-state index is 0.209. The lowest BCUT2D eigenvalue weighted by atomic mass is 9.87. The zero-order valence-electron chi connectivity index (χ0n) is 12.9. The molecular weight excluding hydrogens is 196 g/mol. The van der Waals surface area contributed by atoms with E-state index in [1.807, 2.05) is 0 Å². The second-order valence-corrected chi connectivity index (χ2v) is 6.74. The minimum absolute atomic E-state index is 0.209. The van der Waals surface area contributed by atoms with E-state index in [1.54, 1.807) is 0 Å². The lowest BCUT2D eigenvalue weighted by Gasteiger charge is -2.50. The summed E-state index contributed by atoms with van der Waals surface area (Å²) in [5.74, 6) is 0. The second kappa shape index (κ2) is 5.50. The van der Waals surface area contributed by atoms with Gasteiger partial charge in [-0.15, -0.1) is 0 Å². The van der Waals surface area contributed by atoms with Crippen molar-refractivity contribution in [1.82, 2.24) is 9.80 Å². The zero-order valence-corrected chi connectivity index (χ0v) is 12.9. The molecule has 0 saturated carbocycles. The fourth-order valence-electron chi connectivity index (χ4n) is 2.31. The van der Waals surface area contributed by atoms with Crippen molar-refractivity contribution in [2.45, 2.75) is 67.1 Å². The highest BCUT2D eigenvalue weighted by Gasteiger charge is 2.36. The molecule has 0 aliphatic rings. The van der Waals surface area contributed by atoms with Gasteiger partial charge in [0.05, 0.1) is 6.17 Å². The van der Waals surface area contributed by atoms with E-state index in [1.165, 1.54) is 0 Å². The predicted octanol–water partition coefficient (Wildman–Crippen LogP) is 3.43. The summed E-state index contributed by atoms with van der Waals surface area (Å²) < 4.78 is 0. The summed E-state index contributed by atoms with van der Waals surface area (Å²) in [5.41, 5.74) is 0.481. The standard InChI is InChI=1S/C14H32N2/c1-10-16(11-2)12(13(3,4)5)15(9)14(6,7)8/h12H,10-11H2,1-9H3. The highest BCUT2D eigenvalue weighted by Crippen LogP contribution is 2.30. The average molecular weight is 228 g/mol. The molecule has 0 aromatic heterocycles. The van der Waals surface area contributed by atoms with Crippen LogP contribution in [0, 0.1) is 5.41 Å². The van der Waals surface area contributed by atoms with Crippen molar-refractivity contribution in [1.29, 1.82) is 0 Å². The second-order valence-electron chi connectivity index (χ2n) is 6.74. The van der Waals surface area contributed by atoms with Crippen molar-refractivity contribution < 1.29 is 0 Å². The van der Waals surface area contributed by atoms with Crippen molar-refractivity contribution in [2.75, 3.05) is 20.1 Å². The molecule has 0 N–H and O–H groups in total. The monoisotopic (exact) mass is 228 g/mol. The van der Waals surface area contributed by atoms with Gasteiger partial charge < -0.3 is 0 Å². The van der Waals surface area contributed by atoms with Gasteiger partial charge in [0.2, 0.25) is 0 Å². The van der Waals surface area contributed by atoms with Crippen LogP contribution >= 0.6 is 0 Å². The van der Waals surface area contributed by atoms with E-state index >= 15 is 0 Å². The molecule has 0 heterocycles. The first-order valence-electron chi connectivity index (χ1n) is 6.52. The van der Waals surface area contributed by atoms with Crippen LogP contribution in [0.3, 0.4) is 0 Å². The maximum atomic E-state index is 2.55. The van der Waals surface area contributed by atoms with Crippen molar-refractivity contribution >= 4 is 0 Å². The van der Waals surface area contributed by atoms with E-state index in [2.05, 4.69) is 72.2 Å². The molecule has 2 nitrogen and oxygen atoms in total.